The molecular formula is C8H15ClN3. The molecule has 0 spiro atoms. The summed E-state index contributed by atoms with van der Waals surface area (Å²) in [6, 6.07) is 0. The zero-order chi connectivity index (χ0) is 8.48. The van der Waals surface area contributed by atoms with E-state index in [0.717, 1.165) is 11.4 Å². The summed E-state index contributed by atoms with van der Waals surface area (Å²) in [5.41, 5.74) is 11.3. The topological polar surface area (TPSA) is 52.5 Å². The van der Waals surface area contributed by atoms with Crippen LogP contribution in [0.4, 0.5) is 0 Å². The molecule has 0 saturated heterocycles. The molecule has 4 heteroatoms. The van der Waals surface area contributed by atoms with Gasteiger partial charge in [-0.2, -0.15) is 10.5 Å². The van der Waals surface area contributed by atoms with Crippen molar-refractivity contribution < 1.29 is 0 Å². The van der Waals surface area contributed by atoms with Crippen molar-refractivity contribution in [3.8, 4) is 0 Å². The summed E-state index contributed by atoms with van der Waals surface area (Å²) >= 11 is 0. The van der Waals surface area contributed by atoms with Gasteiger partial charge in [0.15, 0.2) is 0 Å². The largest absolute Gasteiger partial charge is 0.325 e. The van der Waals surface area contributed by atoms with Crippen molar-refractivity contribution in [3.63, 3.8) is 0 Å². The molecule has 0 atom stereocenters. The van der Waals surface area contributed by atoms with Crippen molar-refractivity contribution in [2.45, 2.75) is 20.8 Å². The Kier molecular flexibility index (Phi) is 3.74. The molecule has 1 rings (SSSR count). The quantitative estimate of drug-likeness (QED) is 0.662. The summed E-state index contributed by atoms with van der Waals surface area (Å²) in [7, 11) is 0. The highest BCUT2D eigenvalue weighted by Crippen LogP contribution is 2.20. The molecule has 0 saturated carbocycles. The average molecular weight is 189 g/mol. The van der Waals surface area contributed by atoms with E-state index in [-0.39, 0.29) is 17.8 Å². The zero-order valence-corrected chi connectivity index (χ0v) is 8.48. The van der Waals surface area contributed by atoms with E-state index < -0.39 is 0 Å². The first kappa shape index (κ1) is 11.5. The molecule has 0 fully saturated rings. The van der Waals surface area contributed by atoms with Gasteiger partial charge in [-0.25, -0.2) is 0 Å². The normalized spacial score (nSPS) is 16.0. The highest BCUT2D eigenvalue weighted by molar-refractivity contribution is 6.00. The van der Waals surface area contributed by atoms with Gasteiger partial charge in [-0.15, -0.1) is 12.4 Å². The van der Waals surface area contributed by atoms with Crippen LogP contribution in [0.15, 0.2) is 16.9 Å². The molecule has 0 aromatic carbocycles. The minimum absolute atomic E-state index is 0. The minimum atomic E-state index is 0. The predicted molar refractivity (Wildman–Crippen MR) is 53.4 cm³/mol. The Bertz CT molecular complexity index is 213. The first-order valence-corrected chi connectivity index (χ1v) is 3.74. The fourth-order valence-corrected chi connectivity index (χ4v) is 0.800. The molecule has 12 heavy (non-hydrogen) atoms. The van der Waals surface area contributed by atoms with Crippen LogP contribution in [0.1, 0.15) is 20.8 Å². The fourth-order valence-electron chi connectivity index (χ4n) is 0.800. The minimum Gasteiger partial charge on any atom is -0.325 e. The maximum Gasteiger partial charge on any atom is 0.0785 e. The number of hydrogen-bond acceptors (Lipinski definition) is 2. The van der Waals surface area contributed by atoms with Crippen LogP contribution >= 0.6 is 12.4 Å². The molecule has 1 aliphatic heterocycles. The maximum atomic E-state index is 5.40. The van der Waals surface area contributed by atoms with Crippen LogP contribution in [0, 0.1) is 5.41 Å². The van der Waals surface area contributed by atoms with Crippen molar-refractivity contribution in [1.29, 1.82) is 0 Å². The molecule has 0 aliphatic carbocycles. The molecule has 1 radical (unpaired) electrons. The maximum absolute atomic E-state index is 5.40. The third-order valence-electron chi connectivity index (χ3n) is 1.57. The molecule has 2 N–H and O–H groups in total. The van der Waals surface area contributed by atoms with E-state index >= 15 is 0 Å². The van der Waals surface area contributed by atoms with Gasteiger partial charge in [-0.05, 0) is 6.08 Å². The predicted octanol–water partition coefficient (Wildman–Crippen LogP) is 1.27. The summed E-state index contributed by atoms with van der Waals surface area (Å²) in [4.78, 5) is 0. The summed E-state index contributed by atoms with van der Waals surface area (Å²) in [5.74, 6) is 0. The molecule has 0 unspecified atom stereocenters. The van der Waals surface area contributed by atoms with Gasteiger partial charge in [0.05, 0.1) is 11.4 Å². The number of rotatable bonds is 1. The second-order valence-corrected chi connectivity index (χ2v) is 3.68. The molecular weight excluding hydrogens is 174 g/mol. The number of hydrogen-bond donors (Lipinski definition) is 1. The van der Waals surface area contributed by atoms with Gasteiger partial charge in [0.1, 0.15) is 0 Å². The van der Waals surface area contributed by atoms with Crippen LogP contribution < -0.4 is 11.2 Å². The van der Waals surface area contributed by atoms with Gasteiger partial charge in [0.2, 0.25) is 0 Å². The lowest BCUT2D eigenvalue weighted by Crippen LogP contribution is -2.16. The number of nitrogens with two attached hydrogens (primary N) is 1. The standard InChI is InChI=1S/C8H14N3.ClH/c1-8(2,3)7-4-6(5-9)10-11-7;/h4H,5,9H2,1-3H3;1H. The Hall–Kier alpha value is -0.540. The Morgan fingerprint density at radius 1 is 1.42 bits per heavy atom. The molecule has 0 aromatic heterocycles. The first-order valence-electron chi connectivity index (χ1n) is 3.74. The monoisotopic (exact) mass is 188 g/mol. The van der Waals surface area contributed by atoms with Crippen LogP contribution in [0.2, 0.25) is 0 Å². The summed E-state index contributed by atoms with van der Waals surface area (Å²) in [5, 5.41) is 4.03. The number of nitrogens with zero attached hydrogens (tertiary/aromatic N) is 2. The fraction of sp³-hybridized carbons (Fsp3) is 0.625. The van der Waals surface area contributed by atoms with Crippen LogP contribution in [0.5, 0.6) is 0 Å². The van der Waals surface area contributed by atoms with Crippen LogP contribution in [-0.4, -0.2) is 12.3 Å². The van der Waals surface area contributed by atoms with Gasteiger partial charge < -0.3 is 5.73 Å². The average Bonchev–Trinajstić information content (AvgIpc) is 2.32. The summed E-state index contributed by atoms with van der Waals surface area (Å²) in [6.07, 6.45) is 1.96. The lowest BCUT2D eigenvalue weighted by Gasteiger charge is -2.14. The van der Waals surface area contributed by atoms with Crippen LogP contribution in [0.25, 0.3) is 0 Å². The smallest absolute Gasteiger partial charge is 0.0785 e. The van der Waals surface area contributed by atoms with Gasteiger partial charge >= 0.3 is 0 Å². The molecule has 0 amide bonds. The first-order chi connectivity index (χ1) is 5.04. The van der Waals surface area contributed by atoms with E-state index in [1.807, 2.05) is 6.08 Å². The molecule has 1 heterocycles. The summed E-state index contributed by atoms with van der Waals surface area (Å²) in [6.45, 7) is 6.80. The van der Waals surface area contributed by atoms with Gasteiger partial charge in [-0.1, -0.05) is 20.8 Å². The molecule has 69 valence electrons. The summed E-state index contributed by atoms with van der Waals surface area (Å²) < 4.78 is 0. The van der Waals surface area contributed by atoms with E-state index in [2.05, 4.69) is 31.3 Å². The highest BCUT2D eigenvalue weighted by atomic mass is 35.5. The van der Waals surface area contributed by atoms with Crippen LogP contribution in [-0.2, 0) is 0 Å². The number of halogens is 1. The van der Waals surface area contributed by atoms with E-state index in [9.17, 15) is 0 Å². The molecule has 3 nitrogen and oxygen atoms in total. The Morgan fingerprint density at radius 2 is 2.00 bits per heavy atom. The van der Waals surface area contributed by atoms with Crippen molar-refractivity contribution >= 4 is 18.1 Å². The second kappa shape index (κ2) is 3.92. The van der Waals surface area contributed by atoms with Crippen molar-refractivity contribution in [2.75, 3.05) is 6.54 Å². The Balaban J connectivity index is 0.00000121. The number of allylic oxidation sites excluding steroid dienone is 1. The second-order valence-electron chi connectivity index (χ2n) is 3.68. The molecule has 1 aliphatic rings. The molecule has 0 bridgehead atoms. The van der Waals surface area contributed by atoms with Gasteiger partial charge in [-0.3, -0.25) is 0 Å². The lowest BCUT2D eigenvalue weighted by molar-refractivity contribution is 0.591. The Morgan fingerprint density at radius 3 is 2.25 bits per heavy atom. The van der Waals surface area contributed by atoms with E-state index in [4.69, 9.17) is 5.73 Å². The van der Waals surface area contributed by atoms with Crippen molar-refractivity contribution in [3.05, 3.63) is 11.8 Å². The highest BCUT2D eigenvalue weighted by Gasteiger charge is 2.21. The van der Waals surface area contributed by atoms with Crippen LogP contribution in [0.3, 0.4) is 0 Å². The lowest BCUT2D eigenvalue weighted by atomic mass is 9.90. The zero-order valence-electron chi connectivity index (χ0n) is 7.66. The SMILES string of the molecule is CC(C)(C)C1=N[N]C(CN)=C1.Cl. The third kappa shape index (κ3) is 2.50. The van der Waals surface area contributed by atoms with Crippen molar-refractivity contribution in [1.82, 2.24) is 5.43 Å². The van der Waals surface area contributed by atoms with E-state index in [1.165, 1.54) is 0 Å². The molecule has 0 aromatic rings. The third-order valence-corrected chi connectivity index (χ3v) is 1.57. The van der Waals surface area contributed by atoms with Crippen molar-refractivity contribution in [2.24, 2.45) is 16.3 Å². The van der Waals surface area contributed by atoms with Gasteiger partial charge in [0, 0.05) is 12.0 Å². The van der Waals surface area contributed by atoms with Gasteiger partial charge in [0.25, 0.3) is 0 Å². The van der Waals surface area contributed by atoms with E-state index in [0.29, 0.717) is 6.54 Å². The Labute approximate surface area is 79.5 Å². The van der Waals surface area contributed by atoms with E-state index in [1.54, 1.807) is 0 Å².